The molecule has 1 aliphatic heterocycles. The molecule has 0 spiro atoms. The third-order valence-corrected chi connectivity index (χ3v) is 4.15. The largest absolute Gasteiger partial charge is 0.326 e. The van der Waals surface area contributed by atoms with Crippen LogP contribution >= 0.6 is 0 Å². The van der Waals surface area contributed by atoms with Gasteiger partial charge < -0.3 is 10.6 Å². The van der Waals surface area contributed by atoms with Gasteiger partial charge in [0.25, 0.3) is 0 Å². The van der Waals surface area contributed by atoms with E-state index in [1.165, 1.54) is 12.1 Å². The lowest BCUT2D eigenvalue weighted by atomic mass is 9.89. The predicted molar refractivity (Wildman–Crippen MR) is 86.9 cm³/mol. The average Bonchev–Trinajstić information content (AvgIpc) is 2.49. The molecule has 3 rings (SSSR count). The van der Waals surface area contributed by atoms with E-state index in [0.29, 0.717) is 16.9 Å². The molecule has 2 aromatic carbocycles. The van der Waals surface area contributed by atoms with Crippen molar-refractivity contribution in [3.8, 4) is 0 Å². The fraction of sp³-hybridized carbons (Fsp3) is 0.222. The molecule has 1 atom stereocenters. The fourth-order valence-electron chi connectivity index (χ4n) is 2.72. The highest BCUT2D eigenvalue weighted by Crippen LogP contribution is 2.33. The molecule has 5 heteroatoms. The molecule has 0 saturated heterocycles. The summed E-state index contributed by atoms with van der Waals surface area (Å²) in [5.74, 6) is -1.63. The van der Waals surface area contributed by atoms with Crippen LogP contribution in [0.3, 0.4) is 0 Å². The minimum atomic E-state index is -0.624. The quantitative estimate of drug-likeness (QED) is 0.891. The maximum Gasteiger partial charge on any atom is 0.232 e. The molecule has 0 unspecified atom stereocenters. The van der Waals surface area contributed by atoms with E-state index in [-0.39, 0.29) is 18.2 Å². The second-order valence-corrected chi connectivity index (χ2v) is 5.82. The average molecular weight is 312 g/mol. The van der Waals surface area contributed by atoms with Gasteiger partial charge in [0.1, 0.15) is 5.82 Å². The highest BCUT2D eigenvalue weighted by Gasteiger charge is 2.31. The van der Waals surface area contributed by atoms with Crippen molar-refractivity contribution < 1.29 is 14.0 Å². The van der Waals surface area contributed by atoms with E-state index < -0.39 is 11.7 Å². The van der Waals surface area contributed by atoms with Crippen LogP contribution < -0.4 is 10.6 Å². The number of hydrogen-bond acceptors (Lipinski definition) is 2. The molecular formula is C18H17FN2O2. The number of rotatable bonds is 2. The summed E-state index contributed by atoms with van der Waals surface area (Å²) < 4.78 is 13.3. The Kier molecular flexibility index (Phi) is 3.86. The SMILES string of the molecule is Cc1ccc(NC(=O)[C@@H]2CC(=O)Nc3cc(F)ccc32)cc1C. The van der Waals surface area contributed by atoms with Gasteiger partial charge in [0.2, 0.25) is 11.8 Å². The minimum absolute atomic E-state index is 0.0509. The van der Waals surface area contributed by atoms with Crippen molar-refractivity contribution in [3.63, 3.8) is 0 Å². The van der Waals surface area contributed by atoms with Crippen LogP contribution in [0.25, 0.3) is 0 Å². The molecule has 4 nitrogen and oxygen atoms in total. The van der Waals surface area contributed by atoms with Crippen molar-refractivity contribution >= 4 is 23.2 Å². The minimum Gasteiger partial charge on any atom is -0.326 e. The number of aryl methyl sites for hydroxylation is 2. The molecule has 2 N–H and O–H groups in total. The topological polar surface area (TPSA) is 58.2 Å². The van der Waals surface area contributed by atoms with Crippen LogP contribution in [-0.2, 0) is 9.59 Å². The lowest BCUT2D eigenvalue weighted by molar-refractivity contribution is -0.123. The third kappa shape index (κ3) is 3.08. The molecule has 0 radical (unpaired) electrons. The molecule has 0 aliphatic carbocycles. The van der Waals surface area contributed by atoms with Gasteiger partial charge in [-0.1, -0.05) is 12.1 Å². The highest BCUT2D eigenvalue weighted by molar-refractivity contribution is 6.05. The monoisotopic (exact) mass is 312 g/mol. The van der Waals surface area contributed by atoms with Crippen molar-refractivity contribution in [2.24, 2.45) is 0 Å². The van der Waals surface area contributed by atoms with Crippen LogP contribution in [0.15, 0.2) is 36.4 Å². The van der Waals surface area contributed by atoms with Gasteiger partial charge in [-0.25, -0.2) is 4.39 Å². The first-order chi connectivity index (χ1) is 10.9. The Labute approximate surface area is 133 Å². The van der Waals surface area contributed by atoms with Crippen LogP contribution in [0.1, 0.15) is 29.0 Å². The Balaban J connectivity index is 1.87. The number of amides is 2. The van der Waals surface area contributed by atoms with E-state index in [4.69, 9.17) is 0 Å². The number of anilines is 2. The number of fused-ring (bicyclic) bond motifs is 1. The van der Waals surface area contributed by atoms with Crippen molar-refractivity contribution in [3.05, 3.63) is 58.9 Å². The third-order valence-electron chi connectivity index (χ3n) is 4.15. The molecule has 1 heterocycles. The molecule has 0 saturated carbocycles. The van der Waals surface area contributed by atoms with Crippen LogP contribution in [0.4, 0.5) is 15.8 Å². The summed E-state index contributed by atoms with van der Waals surface area (Å²) in [5.41, 5.74) is 3.90. The highest BCUT2D eigenvalue weighted by atomic mass is 19.1. The van der Waals surface area contributed by atoms with E-state index in [2.05, 4.69) is 10.6 Å². The summed E-state index contributed by atoms with van der Waals surface area (Å²) in [4.78, 5) is 24.4. The molecule has 0 bridgehead atoms. The summed E-state index contributed by atoms with van der Waals surface area (Å²) in [6.45, 7) is 3.97. The van der Waals surface area contributed by atoms with Gasteiger partial charge in [0, 0.05) is 17.8 Å². The van der Waals surface area contributed by atoms with Crippen molar-refractivity contribution in [1.29, 1.82) is 0 Å². The number of carbonyl (C=O) groups excluding carboxylic acids is 2. The molecule has 23 heavy (non-hydrogen) atoms. The van der Waals surface area contributed by atoms with E-state index in [9.17, 15) is 14.0 Å². The van der Waals surface area contributed by atoms with Crippen LogP contribution in [-0.4, -0.2) is 11.8 Å². The summed E-state index contributed by atoms with van der Waals surface area (Å²) in [6.07, 6.45) is 0.0509. The Hall–Kier alpha value is -2.69. The Morgan fingerprint density at radius 3 is 2.70 bits per heavy atom. The maximum absolute atomic E-state index is 13.3. The van der Waals surface area contributed by atoms with Gasteiger partial charge in [0.15, 0.2) is 0 Å². The number of hydrogen-bond donors (Lipinski definition) is 2. The molecule has 2 aromatic rings. The smallest absolute Gasteiger partial charge is 0.232 e. The zero-order valence-corrected chi connectivity index (χ0v) is 12.9. The van der Waals surface area contributed by atoms with Crippen LogP contribution in [0.2, 0.25) is 0 Å². The number of benzene rings is 2. The first-order valence-electron chi connectivity index (χ1n) is 7.41. The van der Waals surface area contributed by atoms with E-state index >= 15 is 0 Å². The van der Waals surface area contributed by atoms with Crippen LogP contribution in [0, 0.1) is 19.7 Å². The standard InChI is InChI=1S/C18H17FN2O2/c1-10-3-5-13(7-11(10)2)20-18(23)15-9-17(22)21-16-8-12(19)4-6-14(15)16/h3-8,15H,9H2,1-2H3,(H,20,23)(H,21,22)/t15-/m1/s1. The molecule has 118 valence electrons. The normalized spacial score (nSPS) is 16.5. The number of nitrogens with one attached hydrogen (secondary N) is 2. The van der Waals surface area contributed by atoms with Gasteiger partial charge in [-0.3, -0.25) is 9.59 Å². The van der Waals surface area contributed by atoms with Gasteiger partial charge in [0.05, 0.1) is 5.92 Å². The summed E-state index contributed by atoms with van der Waals surface area (Å²) >= 11 is 0. The van der Waals surface area contributed by atoms with E-state index in [1.54, 1.807) is 6.07 Å². The Morgan fingerprint density at radius 2 is 1.96 bits per heavy atom. The Bertz CT molecular complexity index is 802. The summed E-state index contributed by atoms with van der Waals surface area (Å²) in [6, 6.07) is 9.74. The summed E-state index contributed by atoms with van der Waals surface area (Å²) in [7, 11) is 0. The molecule has 2 amide bonds. The van der Waals surface area contributed by atoms with Crippen LogP contribution in [0.5, 0.6) is 0 Å². The first-order valence-corrected chi connectivity index (χ1v) is 7.41. The first kappa shape index (κ1) is 15.2. The number of carbonyl (C=O) groups is 2. The molecule has 0 aromatic heterocycles. The zero-order valence-electron chi connectivity index (χ0n) is 12.9. The maximum atomic E-state index is 13.3. The zero-order chi connectivity index (χ0) is 16.6. The predicted octanol–water partition coefficient (Wildman–Crippen LogP) is 3.51. The molecule has 1 aliphatic rings. The Morgan fingerprint density at radius 1 is 1.17 bits per heavy atom. The van der Waals surface area contributed by atoms with E-state index in [0.717, 1.165) is 11.1 Å². The van der Waals surface area contributed by atoms with E-state index in [1.807, 2.05) is 32.0 Å². The lowest BCUT2D eigenvalue weighted by Crippen LogP contribution is -2.30. The van der Waals surface area contributed by atoms with Gasteiger partial charge >= 0.3 is 0 Å². The number of halogens is 1. The molecule has 0 fully saturated rings. The van der Waals surface area contributed by atoms with Gasteiger partial charge in [-0.15, -0.1) is 0 Å². The van der Waals surface area contributed by atoms with Crippen molar-refractivity contribution in [2.45, 2.75) is 26.2 Å². The van der Waals surface area contributed by atoms with Crippen molar-refractivity contribution in [1.82, 2.24) is 0 Å². The van der Waals surface area contributed by atoms with Gasteiger partial charge in [-0.05, 0) is 54.8 Å². The molecular weight excluding hydrogens is 295 g/mol. The fourth-order valence-corrected chi connectivity index (χ4v) is 2.72. The second-order valence-electron chi connectivity index (χ2n) is 5.82. The van der Waals surface area contributed by atoms with Gasteiger partial charge in [-0.2, -0.15) is 0 Å². The van der Waals surface area contributed by atoms with Crippen molar-refractivity contribution in [2.75, 3.05) is 10.6 Å². The summed E-state index contributed by atoms with van der Waals surface area (Å²) in [5, 5.41) is 5.45. The lowest BCUT2D eigenvalue weighted by Gasteiger charge is -2.25. The second kappa shape index (κ2) is 5.83.